The third-order valence-corrected chi connectivity index (χ3v) is 2.94. The van der Waals surface area contributed by atoms with Crippen LogP contribution in [0.4, 0.5) is 5.82 Å². The molecule has 5 nitrogen and oxygen atoms in total. The molecule has 18 heavy (non-hydrogen) atoms. The van der Waals surface area contributed by atoms with E-state index in [0.717, 1.165) is 18.7 Å². The highest BCUT2D eigenvalue weighted by atomic mass is 35.5. The first kappa shape index (κ1) is 13.1. The Kier molecular flexibility index (Phi) is 4.34. The number of methoxy groups -OCH3 is 1. The molecule has 0 atom stereocenters. The van der Waals surface area contributed by atoms with Gasteiger partial charge in [0.15, 0.2) is 5.82 Å². The van der Waals surface area contributed by atoms with E-state index in [1.807, 2.05) is 0 Å². The van der Waals surface area contributed by atoms with Crippen molar-refractivity contribution < 1.29 is 4.74 Å². The molecule has 96 valence electrons. The molecule has 1 aromatic rings. The van der Waals surface area contributed by atoms with Crippen LogP contribution in [0.15, 0.2) is 6.07 Å². The fourth-order valence-corrected chi connectivity index (χ4v) is 2.03. The van der Waals surface area contributed by atoms with Crippen molar-refractivity contribution >= 4 is 17.4 Å². The number of nitrogens with zero attached hydrogens (tertiary/aromatic N) is 4. The zero-order valence-corrected chi connectivity index (χ0v) is 11.0. The van der Waals surface area contributed by atoms with Crippen LogP contribution in [0.5, 0.6) is 0 Å². The van der Waals surface area contributed by atoms with Gasteiger partial charge in [-0.1, -0.05) is 11.6 Å². The molecule has 0 aromatic carbocycles. The number of rotatable bonds is 6. The first-order chi connectivity index (χ1) is 8.74. The molecule has 1 fully saturated rings. The topological polar surface area (TPSA) is 62.0 Å². The maximum Gasteiger partial charge on any atom is 0.158 e. The predicted octanol–water partition coefficient (Wildman–Crippen LogP) is 2.16. The number of hydrogen-bond acceptors (Lipinski definition) is 5. The molecular weight excluding hydrogens is 252 g/mol. The minimum atomic E-state index is 0.338. The van der Waals surface area contributed by atoms with Gasteiger partial charge in [0.1, 0.15) is 17.6 Å². The quantitative estimate of drug-likeness (QED) is 0.739. The van der Waals surface area contributed by atoms with Crippen molar-refractivity contribution in [2.75, 3.05) is 18.6 Å². The van der Waals surface area contributed by atoms with E-state index < -0.39 is 0 Å². The van der Waals surface area contributed by atoms with Crippen LogP contribution in [0.1, 0.15) is 25.1 Å². The molecule has 0 unspecified atom stereocenters. The van der Waals surface area contributed by atoms with Crippen molar-refractivity contribution in [2.24, 2.45) is 0 Å². The minimum absolute atomic E-state index is 0.338. The van der Waals surface area contributed by atoms with Gasteiger partial charge in [0.2, 0.25) is 0 Å². The Morgan fingerprint density at radius 1 is 1.56 bits per heavy atom. The van der Waals surface area contributed by atoms with Gasteiger partial charge in [-0.15, -0.1) is 0 Å². The number of halogens is 1. The fourth-order valence-electron chi connectivity index (χ4n) is 1.83. The molecular formula is C12H15ClN4O. The lowest BCUT2D eigenvalue weighted by atomic mass is 10.3. The van der Waals surface area contributed by atoms with Crippen molar-refractivity contribution in [3.05, 3.63) is 17.0 Å². The molecule has 1 heterocycles. The SMILES string of the molecule is COCc1nc(Cl)cc(N(CCC#N)C2CC2)n1. The second-order valence-corrected chi connectivity index (χ2v) is 4.62. The van der Waals surface area contributed by atoms with E-state index in [0.29, 0.717) is 36.6 Å². The summed E-state index contributed by atoms with van der Waals surface area (Å²) in [5.74, 6) is 1.36. The first-order valence-electron chi connectivity index (χ1n) is 5.90. The minimum Gasteiger partial charge on any atom is -0.377 e. The van der Waals surface area contributed by atoms with Gasteiger partial charge >= 0.3 is 0 Å². The highest BCUT2D eigenvalue weighted by molar-refractivity contribution is 6.29. The van der Waals surface area contributed by atoms with E-state index in [-0.39, 0.29) is 0 Å². The second-order valence-electron chi connectivity index (χ2n) is 4.23. The Morgan fingerprint density at radius 3 is 2.94 bits per heavy atom. The van der Waals surface area contributed by atoms with Crippen molar-refractivity contribution in [3.8, 4) is 6.07 Å². The Labute approximate surface area is 111 Å². The van der Waals surface area contributed by atoms with Crippen LogP contribution in [0.2, 0.25) is 5.15 Å². The first-order valence-corrected chi connectivity index (χ1v) is 6.28. The lowest BCUT2D eigenvalue weighted by Gasteiger charge is -2.22. The predicted molar refractivity (Wildman–Crippen MR) is 68.4 cm³/mol. The lowest BCUT2D eigenvalue weighted by molar-refractivity contribution is 0.178. The molecule has 0 spiro atoms. The van der Waals surface area contributed by atoms with Gasteiger partial charge in [0.25, 0.3) is 0 Å². The van der Waals surface area contributed by atoms with E-state index in [2.05, 4.69) is 20.9 Å². The molecule has 6 heteroatoms. The Balaban J connectivity index is 2.20. The van der Waals surface area contributed by atoms with Crippen LogP contribution in [0, 0.1) is 11.3 Å². The molecule has 0 N–H and O–H groups in total. The standard InChI is InChI=1S/C12H15ClN4O/c1-18-8-11-15-10(13)7-12(16-11)17(6-2-5-14)9-3-4-9/h7,9H,2-4,6,8H2,1H3. The molecule has 0 radical (unpaired) electrons. The number of nitriles is 1. The van der Waals surface area contributed by atoms with Gasteiger partial charge < -0.3 is 9.64 Å². The summed E-state index contributed by atoms with van der Waals surface area (Å²) in [6.45, 7) is 1.02. The van der Waals surface area contributed by atoms with E-state index >= 15 is 0 Å². The number of anilines is 1. The molecule has 0 amide bonds. The van der Waals surface area contributed by atoms with Crippen molar-refractivity contribution in [2.45, 2.75) is 31.9 Å². The van der Waals surface area contributed by atoms with Crippen molar-refractivity contribution in [1.29, 1.82) is 5.26 Å². The lowest BCUT2D eigenvalue weighted by Crippen LogP contribution is -2.28. The molecule has 0 aliphatic heterocycles. The third-order valence-electron chi connectivity index (χ3n) is 2.75. The van der Waals surface area contributed by atoms with Crippen LogP contribution in [-0.4, -0.2) is 29.7 Å². The van der Waals surface area contributed by atoms with Crippen LogP contribution in [-0.2, 0) is 11.3 Å². The largest absolute Gasteiger partial charge is 0.377 e. The highest BCUT2D eigenvalue weighted by Gasteiger charge is 2.30. The zero-order chi connectivity index (χ0) is 13.0. The average Bonchev–Trinajstić information content (AvgIpc) is 3.14. The summed E-state index contributed by atoms with van der Waals surface area (Å²) in [5.41, 5.74) is 0. The second kappa shape index (κ2) is 5.98. The Morgan fingerprint density at radius 2 is 2.33 bits per heavy atom. The monoisotopic (exact) mass is 266 g/mol. The molecule has 1 aliphatic carbocycles. The molecule has 0 bridgehead atoms. The number of ether oxygens (including phenoxy) is 1. The molecule has 1 aliphatic rings. The molecule has 1 saturated carbocycles. The summed E-state index contributed by atoms with van der Waals surface area (Å²) >= 11 is 5.99. The number of hydrogen-bond donors (Lipinski definition) is 0. The average molecular weight is 267 g/mol. The summed E-state index contributed by atoms with van der Waals surface area (Å²) in [5, 5.41) is 9.11. The van der Waals surface area contributed by atoms with Gasteiger partial charge in [0, 0.05) is 25.8 Å². The maximum absolute atomic E-state index is 8.70. The summed E-state index contributed by atoms with van der Waals surface area (Å²) in [6.07, 6.45) is 2.77. The zero-order valence-electron chi connectivity index (χ0n) is 10.3. The summed E-state index contributed by atoms with van der Waals surface area (Å²) in [4.78, 5) is 10.7. The van der Waals surface area contributed by atoms with Crippen molar-refractivity contribution in [3.63, 3.8) is 0 Å². The van der Waals surface area contributed by atoms with Crippen LogP contribution >= 0.6 is 11.6 Å². The Hall–Kier alpha value is -1.38. The smallest absolute Gasteiger partial charge is 0.158 e. The molecule has 2 rings (SSSR count). The van der Waals surface area contributed by atoms with Crippen molar-refractivity contribution in [1.82, 2.24) is 9.97 Å². The van der Waals surface area contributed by atoms with Gasteiger partial charge in [-0.25, -0.2) is 9.97 Å². The van der Waals surface area contributed by atoms with E-state index in [1.165, 1.54) is 0 Å². The Bertz CT molecular complexity index is 456. The van der Waals surface area contributed by atoms with Gasteiger partial charge in [-0.05, 0) is 12.8 Å². The third kappa shape index (κ3) is 3.31. The maximum atomic E-state index is 8.70. The van der Waals surface area contributed by atoms with Gasteiger partial charge in [-0.2, -0.15) is 5.26 Å². The summed E-state index contributed by atoms with van der Waals surface area (Å²) in [7, 11) is 1.60. The summed E-state index contributed by atoms with van der Waals surface area (Å²) < 4.78 is 5.02. The highest BCUT2D eigenvalue weighted by Crippen LogP contribution is 2.31. The van der Waals surface area contributed by atoms with Crippen LogP contribution in [0.3, 0.4) is 0 Å². The fraction of sp³-hybridized carbons (Fsp3) is 0.583. The van der Waals surface area contributed by atoms with Gasteiger partial charge in [0.05, 0.1) is 12.5 Å². The van der Waals surface area contributed by atoms with Crippen LogP contribution in [0.25, 0.3) is 0 Å². The number of aromatic nitrogens is 2. The normalized spacial score (nSPS) is 14.3. The van der Waals surface area contributed by atoms with E-state index in [1.54, 1.807) is 13.2 Å². The van der Waals surface area contributed by atoms with E-state index in [9.17, 15) is 0 Å². The van der Waals surface area contributed by atoms with Gasteiger partial charge in [-0.3, -0.25) is 0 Å². The summed E-state index contributed by atoms with van der Waals surface area (Å²) in [6, 6.07) is 4.39. The van der Waals surface area contributed by atoms with E-state index in [4.69, 9.17) is 21.6 Å². The molecule has 0 saturated heterocycles. The molecule has 1 aromatic heterocycles. The van der Waals surface area contributed by atoms with Crippen LogP contribution < -0.4 is 4.90 Å².